The Labute approximate surface area is 182 Å². The van der Waals surface area contributed by atoms with E-state index < -0.39 is 11.9 Å². The van der Waals surface area contributed by atoms with E-state index in [0.717, 1.165) is 11.0 Å². The van der Waals surface area contributed by atoms with Gasteiger partial charge in [0.05, 0.1) is 48.0 Å². The van der Waals surface area contributed by atoms with Crippen LogP contribution in [0.15, 0.2) is 36.4 Å². The average Bonchev–Trinajstić information content (AvgIpc) is 3.58. The van der Waals surface area contributed by atoms with Crippen molar-refractivity contribution >= 4 is 58.3 Å². The average molecular weight is 426 g/mol. The first-order chi connectivity index (χ1) is 15.6. The van der Waals surface area contributed by atoms with Gasteiger partial charge in [0.1, 0.15) is 11.1 Å². The number of fused-ring (bicyclic) bond motifs is 8. The molecule has 0 radical (unpaired) electrons. The number of ether oxygens (including phenoxy) is 2. The van der Waals surface area contributed by atoms with E-state index in [-0.39, 0.29) is 0 Å². The number of aromatic nitrogens is 4. The van der Waals surface area contributed by atoms with Crippen LogP contribution in [0.25, 0.3) is 46.4 Å². The Balaban J connectivity index is 1.91. The van der Waals surface area contributed by atoms with Gasteiger partial charge in [-0.25, -0.2) is 19.6 Å². The maximum Gasteiger partial charge on any atom is 0.342 e. The number of aromatic amines is 2. The highest BCUT2D eigenvalue weighted by Gasteiger charge is 2.18. The fourth-order valence-electron chi connectivity index (χ4n) is 3.71. The van der Waals surface area contributed by atoms with E-state index in [1.165, 1.54) is 14.2 Å². The number of rotatable bonds is 2. The quantitative estimate of drug-likeness (QED) is 0.409. The third-order valence-corrected chi connectivity index (χ3v) is 5.18. The number of esters is 2. The topological polar surface area (TPSA) is 110 Å². The second-order valence-corrected chi connectivity index (χ2v) is 7.19. The molecule has 2 N–H and O–H groups in total. The lowest BCUT2D eigenvalue weighted by atomic mass is 10.2. The van der Waals surface area contributed by atoms with Crippen molar-refractivity contribution in [1.29, 1.82) is 0 Å². The predicted molar refractivity (Wildman–Crippen MR) is 122 cm³/mol. The number of hydrogen-bond donors (Lipinski definition) is 2. The van der Waals surface area contributed by atoms with E-state index in [2.05, 4.69) is 19.9 Å². The summed E-state index contributed by atoms with van der Waals surface area (Å²) in [6, 6.07) is 10.9. The zero-order chi connectivity index (χ0) is 22.2. The van der Waals surface area contributed by atoms with E-state index >= 15 is 0 Å². The largest absolute Gasteiger partial charge is 0.465 e. The van der Waals surface area contributed by atoms with E-state index in [9.17, 15) is 9.59 Å². The molecule has 8 bridgehead atoms. The van der Waals surface area contributed by atoms with Crippen molar-refractivity contribution < 1.29 is 19.1 Å². The first-order valence-corrected chi connectivity index (χ1v) is 9.82. The van der Waals surface area contributed by atoms with E-state index in [1.54, 1.807) is 42.5 Å². The molecule has 8 nitrogen and oxygen atoms in total. The van der Waals surface area contributed by atoms with E-state index in [4.69, 9.17) is 9.47 Å². The van der Waals surface area contributed by atoms with Crippen molar-refractivity contribution in [2.45, 2.75) is 0 Å². The molecule has 8 heteroatoms. The standard InChI is InChI=1S/C24H18N4O4/c1-31-23(29)21-17-7-3-13(25-17)11-15-5-9-19(27-15)22(24(30)32-2)20-10-6-16(28-20)12-14-4-8-18(21)26-14/h3-12,25,27H,1-2H3. The molecule has 5 heterocycles. The SMILES string of the molecule is COC(=O)c1c2nc(cc3nc(c(C(=O)OC)c4ccc(cc5ccc1[nH]5)[nH]4)C=C3)C=C2. The molecule has 2 aliphatic heterocycles. The highest BCUT2D eigenvalue weighted by Crippen LogP contribution is 2.23. The Morgan fingerprint density at radius 3 is 1.59 bits per heavy atom. The summed E-state index contributed by atoms with van der Waals surface area (Å²) in [7, 11) is 2.68. The van der Waals surface area contributed by atoms with Gasteiger partial charge in [-0.3, -0.25) is 0 Å². The third-order valence-electron chi connectivity index (χ3n) is 5.18. The van der Waals surface area contributed by atoms with Gasteiger partial charge in [0.15, 0.2) is 0 Å². The van der Waals surface area contributed by atoms with Gasteiger partial charge in [0.2, 0.25) is 0 Å². The summed E-state index contributed by atoms with van der Waals surface area (Å²) in [6.07, 6.45) is 7.10. The van der Waals surface area contributed by atoms with Crippen molar-refractivity contribution in [3.63, 3.8) is 0 Å². The number of nitrogens with one attached hydrogen (secondary N) is 2. The number of carbonyl (C=O) groups excluding carboxylic acids is 2. The van der Waals surface area contributed by atoms with Crippen LogP contribution in [0.5, 0.6) is 0 Å². The minimum atomic E-state index is -0.489. The maximum absolute atomic E-state index is 12.5. The molecule has 32 heavy (non-hydrogen) atoms. The molecule has 0 spiro atoms. The second kappa shape index (κ2) is 7.66. The van der Waals surface area contributed by atoms with Gasteiger partial charge in [0.25, 0.3) is 0 Å². The first-order valence-electron chi connectivity index (χ1n) is 9.82. The van der Waals surface area contributed by atoms with E-state index in [0.29, 0.717) is 44.9 Å². The Kier molecular flexibility index (Phi) is 4.67. The van der Waals surface area contributed by atoms with Crippen LogP contribution in [0.2, 0.25) is 0 Å². The molecule has 5 rings (SSSR count). The summed E-state index contributed by atoms with van der Waals surface area (Å²) in [5, 5.41) is 0. The zero-order valence-electron chi connectivity index (χ0n) is 17.3. The lowest BCUT2D eigenvalue weighted by Gasteiger charge is -2.00. The zero-order valence-corrected chi connectivity index (χ0v) is 17.3. The van der Waals surface area contributed by atoms with E-state index in [1.807, 2.05) is 18.2 Å². The normalized spacial score (nSPS) is 12.1. The first kappa shape index (κ1) is 19.5. The number of nitrogens with zero attached hydrogens (tertiary/aromatic N) is 2. The summed E-state index contributed by atoms with van der Waals surface area (Å²) in [5.74, 6) is -0.977. The summed E-state index contributed by atoms with van der Waals surface area (Å²) >= 11 is 0. The Morgan fingerprint density at radius 1 is 0.688 bits per heavy atom. The summed E-state index contributed by atoms with van der Waals surface area (Å²) in [5.41, 5.74) is 5.58. The molecule has 158 valence electrons. The molecule has 0 aliphatic carbocycles. The summed E-state index contributed by atoms with van der Waals surface area (Å²) < 4.78 is 10.00. The van der Waals surface area contributed by atoms with Crippen molar-refractivity contribution in [2.24, 2.45) is 0 Å². The van der Waals surface area contributed by atoms with Crippen LogP contribution in [0.4, 0.5) is 0 Å². The Morgan fingerprint density at radius 2 is 1.16 bits per heavy atom. The smallest absolute Gasteiger partial charge is 0.342 e. The van der Waals surface area contributed by atoms with Gasteiger partial charge < -0.3 is 19.4 Å². The molecule has 0 atom stereocenters. The lowest BCUT2D eigenvalue weighted by Crippen LogP contribution is -2.04. The van der Waals surface area contributed by atoms with Crippen LogP contribution in [0.1, 0.15) is 43.5 Å². The van der Waals surface area contributed by atoms with Crippen LogP contribution in [0.3, 0.4) is 0 Å². The van der Waals surface area contributed by atoms with Gasteiger partial charge in [0, 0.05) is 11.0 Å². The highest BCUT2D eigenvalue weighted by molar-refractivity contribution is 6.02. The molecule has 0 amide bonds. The van der Waals surface area contributed by atoms with Gasteiger partial charge in [-0.2, -0.15) is 0 Å². The lowest BCUT2D eigenvalue weighted by molar-refractivity contribution is 0.0593. The third kappa shape index (κ3) is 3.37. The van der Waals surface area contributed by atoms with Crippen molar-refractivity contribution in [3.05, 3.63) is 70.3 Å². The van der Waals surface area contributed by atoms with Crippen molar-refractivity contribution in [1.82, 2.24) is 19.9 Å². The van der Waals surface area contributed by atoms with Gasteiger partial charge in [-0.15, -0.1) is 0 Å². The maximum atomic E-state index is 12.5. The van der Waals surface area contributed by atoms with Crippen LogP contribution in [-0.4, -0.2) is 46.1 Å². The second-order valence-electron chi connectivity index (χ2n) is 7.19. The Hall–Kier alpha value is -4.46. The molecular weight excluding hydrogens is 408 g/mol. The van der Waals surface area contributed by atoms with Crippen LogP contribution in [0, 0.1) is 0 Å². The highest BCUT2D eigenvalue weighted by atomic mass is 16.5. The van der Waals surface area contributed by atoms with Gasteiger partial charge in [-0.1, -0.05) is 0 Å². The Bertz CT molecular complexity index is 1380. The molecule has 3 aromatic heterocycles. The van der Waals surface area contributed by atoms with Gasteiger partial charge >= 0.3 is 11.9 Å². The minimum absolute atomic E-state index is 0.337. The minimum Gasteiger partial charge on any atom is -0.465 e. The predicted octanol–water partition coefficient (Wildman–Crippen LogP) is 4.23. The molecule has 0 unspecified atom stereocenters. The van der Waals surface area contributed by atoms with Crippen LogP contribution < -0.4 is 0 Å². The number of carbonyl (C=O) groups is 2. The summed E-state index contributed by atoms with van der Waals surface area (Å²) in [4.78, 5) is 40.7. The fourth-order valence-corrected chi connectivity index (χ4v) is 3.71. The molecule has 0 fully saturated rings. The molecule has 0 saturated heterocycles. The molecule has 0 saturated carbocycles. The van der Waals surface area contributed by atoms with Crippen molar-refractivity contribution in [3.8, 4) is 0 Å². The molecule has 2 aliphatic rings. The fraction of sp³-hybridized carbons (Fsp3) is 0.0833. The molecule has 0 aromatic carbocycles. The van der Waals surface area contributed by atoms with Crippen LogP contribution in [-0.2, 0) is 9.47 Å². The summed E-state index contributed by atoms with van der Waals surface area (Å²) in [6.45, 7) is 0. The molecule has 3 aromatic rings. The van der Waals surface area contributed by atoms with Gasteiger partial charge in [-0.05, 0) is 60.7 Å². The van der Waals surface area contributed by atoms with Crippen LogP contribution >= 0.6 is 0 Å². The monoisotopic (exact) mass is 426 g/mol. The number of hydrogen-bond acceptors (Lipinski definition) is 6. The number of H-pyrrole nitrogens is 2. The van der Waals surface area contributed by atoms with Crippen molar-refractivity contribution in [2.75, 3.05) is 14.2 Å². The number of methoxy groups -OCH3 is 2. The molecular formula is C24H18N4O4.